The minimum atomic E-state index is -0.00833. The second kappa shape index (κ2) is 11.3. The van der Waals surface area contributed by atoms with E-state index < -0.39 is 0 Å². The number of ether oxygens (including phenoxy) is 3. The zero-order chi connectivity index (χ0) is 20.2. The largest absolute Gasteiger partial charge is 0.497 e. The zero-order valence-corrected chi connectivity index (χ0v) is 16.2. The maximum atomic E-state index is 12.0. The first kappa shape index (κ1) is 20.9. The summed E-state index contributed by atoms with van der Waals surface area (Å²) in [5.41, 5.74) is 2.04. The molecule has 0 radical (unpaired) electrons. The van der Waals surface area contributed by atoms with Crippen molar-refractivity contribution in [2.24, 2.45) is 0 Å². The van der Waals surface area contributed by atoms with E-state index in [0.717, 1.165) is 16.9 Å². The summed E-state index contributed by atoms with van der Waals surface area (Å²) < 4.78 is 15.9. The van der Waals surface area contributed by atoms with Gasteiger partial charge in [0.15, 0.2) is 11.5 Å². The van der Waals surface area contributed by atoms with Crippen molar-refractivity contribution in [1.82, 2.24) is 5.32 Å². The van der Waals surface area contributed by atoms with Crippen molar-refractivity contribution >= 4 is 12.0 Å². The van der Waals surface area contributed by atoms with Gasteiger partial charge in [-0.2, -0.15) is 0 Å². The lowest BCUT2D eigenvalue weighted by atomic mass is 10.1. The normalized spacial score (nSPS) is 10.3. The molecule has 2 aromatic carbocycles. The van der Waals surface area contributed by atoms with Crippen LogP contribution in [0.1, 0.15) is 17.5 Å². The van der Waals surface area contributed by atoms with Gasteiger partial charge in [-0.1, -0.05) is 36.3 Å². The molecule has 0 bridgehead atoms. The van der Waals surface area contributed by atoms with Crippen LogP contribution in [0.2, 0.25) is 0 Å². The molecule has 1 N–H and O–H groups in total. The Morgan fingerprint density at radius 3 is 2.57 bits per heavy atom. The number of carbonyl (C=O) groups excluding carboxylic acids is 1. The molecule has 1 amide bonds. The van der Waals surface area contributed by atoms with E-state index in [0.29, 0.717) is 30.9 Å². The molecule has 0 spiro atoms. The van der Waals surface area contributed by atoms with Crippen LogP contribution in [0, 0.1) is 12.3 Å². The molecule has 5 heteroatoms. The van der Waals surface area contributed by atoms with Gasteiger partial charge in [-0.15, -0.1) is 6.42 Å². The molecule has 5 nitrogen and oxygen atoms in total. The fraction of sp³-hybridized carbons (Fsp3) is 0.261. The maximum absolute atomic E-state index is 12.0. The number of aryl methyl sites for hydroxylation is 1. The molecule has 2 rings (SSSR count). The predicted molar refractivity (Wildman–Crippen MR) is 111 cm³/mol. The van der Waals surface area contributed by atoms with Crippen LogP contribution in [0.3, 0.4) is 0 Å². The van der Waals surface area contributed by atoms with Gasteiger partial charge in [0.2, 0.25) is 5.91 Å². The van der Waals surface area contributed by atoms with Crippen LogP contribution in [-0.2, 0) is 11.2 Å². The van der Waals surface area contributed by atoms with Crippen LogP contribution in [0.5, 0.6) is 17.2 Å². The Kier molecular flexibility index (Phi) is 8.48. The number of benzene rings is 2. The number of amides is 1. The highest BCUT2D eigenvalue weighted by molar-refractivity contribution is 5.76. The number of nitrogens with one attached hydrogen (secondary N) is 1. The van der Waals surface area contributed by atoms with Gasteiger partial charge in [0.05, 0.1) is 14.2 Å². The molecule has 2 aromatic rings. The van der Waals surface area contributed by atoms with Crippen LogP contribution in [-0.4, -0.2) is 33.3 Å². The van der Waals surface area contributed by atoms with Gasteiger partial charge in [0.1, 0.15) is 12.4 Å². The number of carbonyl (C=O) groups is 1. The highest BCUT2D eigenvalue weighted by Gasteiger charge is 2.07. The molecule has 0 aliphatic carbocycles. The lowest BCUT2D eigenvalue weighted by molar-refractivity contribution is -0.120. The molecule has 146 valence electrons. The fourth-order valence-corrected chi connectivity index (χ4v) is 2.54. The summed E-state index contributed by atoms with van der Waals surface area (Å²) in [4.78, 5) is 12.0. The summed E-state index contributed by atoms with van der Waals surface area (Å²) >= 11 is 0. The fourth-order valence-electron chi connectivity index (χ4n) is 2.54. The van der Waals surface area contributed by atoms with Crippen molar-refractivity contribution in [3.8, 4) is 29.6 Å². The van der Waals surface area contributed by atoms with Gasteiger partial charge >= 0.3 is 0 Å². The number of terminal acetylenes is 1. The Morgan fingerprint density at radius 2 is 1.89 bits per heavy atom. The first-order valence-corrected chi connectivity index (χ1v) is 8.96. The minimum absolute atomic E-state index is 0.00833. The third kappa shape index (κ3) is 6.73. The van der Waals surface area contributed by atoms with Gasteiger partial charge in [-0.3, -0.25) is 4.79 Å². The lowest BCUT2D eigenvalue weighted by Gasteiger charge is -2.10. The molecular formula is C23H25NO4. The summed E-state index contributed by atoms with van der Waals surface area (Å²) in [6.07, 6.45) is 10.1. The summed E-state index contributed by atoms with van der Waals surface area (Å²) in [5, 5.41) is 2.89. The third-order valence-electron chi connectivity index (χ3n) is 4.02. The molecule has 0 saturated heterocycles. The van der Waals surface area contributed by atoms with Crippen molar-refractivity contribution in [2.75, 3.05) is 27.4 Å². The molecule has 0 fully saturated rings. The minimum Gasteiger partial charge on any atom is -0.497 e. The standard InChI is InChI=1S/C23H25NO4/c1-4-16-28-21-13-9-19(17-22(21)27-3)10-14-23(25)24-15-5-6-18-7-11-20(26-2)12-8-18/h1,5-9,11-13,17H,10,14-16H2,2-3H3,(H,24,25). The highest BCUT2D eigenvalue weighted by atomic mass is 16.5. The molecule has 0 unspecified atom stereocenters. The third-order valence-corrected chi connectivity index (χ3v) is 4.02. The van der Waals surface area contributed by atoms with E-state index >= 15 is 0 Å². The van der Waals surface area contributed by atoms with Crippen LogP contribution in [0.15, 0.2) is 48.5 Å². The second-order valence-corrected chi connectivity index (χ2v) is 5.96. The van der Waals surface area contributed by atoms with Crippen molar-refractivity contribution in [3.63, 3.8) is 0 Å². The quantitative estimate of drug-likeness (QED) is 0.642. The Hall–Kier alpha value is -3.39. The SMILES string of the molecule is C#CCOc1ccc(CCC(=O)NCC=Cc2ccc(OC)cc2)cc1OC. The van der Waals surface area contributed by atoms with Gasteiger partial charge in [-0.25, -0.2) is 0 Å². The monoisotopic (exact) mass is 379 g/mol. The van der Waals surface area contributed by atoms with E-state index in [4.69, 9.17) is 20.6 Å². The number of hydrogen-bond acceptors (Lipinski definition) is 4. The Bertz CT molecular complexity index is 835. The van der Waals surface area contributed by atoms with Crippen LogP contribution >= 0.6 is 0 Å². The first-order valence-electron chi connectivity index (χ1n) is 8.96. The summed E-state index contributed by atoms with van der Waals surface area (Å²) in [6, 6.07) is 13.3. The average molecular weight is 379 g/mol. The highest BCUT2D eigenvalue weighted by Crippen LogP contribution is 2.28. The van der Waals surface area contributed by atoms with Gasteiger partial charge < -0.3 is 19.5 Å². The van der Waals surface area contributed by atoms with Crippen molar-refractivity contribution in [3.05, 3.63) is 59.7 Å². The molecule has 0 heterocycles. The van der Waals surface area contributed by atoms with Gasteiger partial charge in [-0.05, 0) is 41.8 Å². The van der Waals surface area contributed by atoms with Gasteiger partial charge in [0.25, 0.3) is 0 Å². The Balaban J connectivity index is 1.77. The number of methoxy groups -OCH3 is 2. The predicted octanol–water partition coefficient (Wildman–Crippen LogP) is 3.48. The molecule has 0 atom stereocenters. The van der Waals surface area contributed by atoms with Gasteiger partial charge in [0, 0.05) is 13.0 Å². The van der Waals surface area contributed by atoms with E-state index in [-0.39, 0.29) is 12.5 Å². The number of rotatable bonds is 10. The smallest absolute Gasteiger partial charge is 0.220 e. The lowest BCUT2D eigenvalue weighted by Crippen LogP contribution is -2.23. The van der Waals surface area contributed by atoms with E-state index in [1.165, 1.54) is 0 Å². The molecule has 0 saturated carbocycles. The Labute approximate surface area is 166 Å². The van der Waals surface area contributed by atoms with Crippen molar-refractivity contribution in [1.29, 1.82) is 0 Å². The van der Waals surface area contributed by atoms with E-state index in [9.17, 15) is 4.79 Å². The molecule has 0 aliphatic rings. The van der Waals surface area contributed by atoms with E-state index in [1.807, 2.05) is 48.6 Å². The number of hydrogen-bond donors (Lipinski definition) is 1. The maximum Gasteiger partial charge on any atom is 0.220 e. The average Bonchev–Trinajstić information content (AvgIpc) is 2.74. The molecule has 28 heavy (non-hydrogen) atoms. The summed E-state index contributed by atoms with van der Waals surface area (Å²) in [5.74, 6) is 4.43. The van der Waals surface area contributed by atoms with Crippen molar-refractivity contribution in [2.45, 2.75) is 12.8 Å². The second-order valence-electron chi connectivity index (χ2n) is 5.96. The van der Waals surface area contributed by atoms with Crippen LogP contribution in [0.4, 0.5) is 0 Å². The Morgan fingerprint density at radius 1 is 1.11 bits per heavy atom. The summed E-state index contributed by atoms with van der Waals surface area (Å²) in [6.45, 7) is 0.662. The first-order chi connectivity index (χ1) is 13.7. The molecular weight excluding hydrogens is 354 g/mol. The molecule has 0 aliphatic heterocycles. The summed E-state index contributed by atoms with van der Waals surface area (Å²) in [7, 11) is 3.21. The van der Waals surface area contributed by atoms with E-state index in [2.05, 4.69) is 11.2 Å². The zero-order valence-electron chi connectivity index (χ0n) is 16.2. The van der Waals surface area contributed by atoms with Crippen molar-refractivity contribution < 1.29 is 19.0 Å². The topological polar surface area (TPSA) is 56.8 Å². The van der Waals surface area contributed by atoms with E-state index in [1.54, 1.807) is 20.3 Å². The molecule has 0 aromatic heterocycles. The van der Waals surface area contributed by atoms with Crippen LogP contribution in [0.25, 0.3) is 6.08 Å². The van der Waals surface area contributed by atoms with Crippen LogP contribution < -0.4 is 19.5 Å².